The summed E-state index contributed by atoms with van der Waals surface area (Å²) in [7, 11) is 0. The molecule has 2 aromatic rings. The molecule has 0 saturated heterocycles. The maximum absolute atomic E-state index is 6.15. The molecule has 0 fully saturated rings. The van der Waals surface area contributed by atoms with Crippen molar-refractivity contribution in [3.8, 4) is 0 Å². The number of benzene rings is 1. The number of pyridine rings is 1. The van der Waals surface area contributed by atoms with Crippen molar-refractivity contribution in [2.45, 2.75) is 26.2 Å². The quantitative estimate of drug-likeness (QED) is 0.882. The summed E-state index contributed by atoms with van der Waals surface area (Å²) in [5.74, 6) is 0. The Balaban J connectivity index is 2.22. The molecule has 2 rings (SSSR count). The van der Waals surface area contributed by atoms with Gasteiger partial charge in [0.2, 0.25) is 0 Å². The highest BCUT2D eigenvalue weighted by Gasteiger charge is 2.07. The van der Waals surface area contributed by atoms with Gasteiger partial charge >= 0.3 is 0 Å². The molecule has 0 saturated carbocycles. The fraction of sp³-hybridized carbons (Fsp3) is 0.235. The lowest BCUT2D eigenvalue weighted by molar-refractivity contribution is 0.889. The van der Waals surface area contributed by atoms with Gasteiger partial charge in [0.05, 0.1) is 11.4 Å². The second-order valence-electron chi connectivity index (χ2n) is 4.61. The van der Waals surface area contributed by atoms with Crippen molar-refractivity contribution in [3.05, 3.63) is 65.5 Å². The van der Waals surface area contributed by atoms with E-state index in [1.165, 1.54) is 5.56 Å². The second kappa shape index (κ2) is 6.19. The van der Waals surface area contributed by atoms with Crippen molar-refractivity contribution in [2.24, 2.45) is 0 Å². The third-order valence-corrected chi connectivity index (χ3v) is 3.30. The number of hydrogen-bond donors (Lipinski definition) is 1. The Labute approximate surface area is 115 Å². The maximum Gasteiger partial charge on any atom is 0.0645 e. The van der Waals surface area contributed by atoms with Crippen molar-refractivity contribution in [1.82, 2.24) is 4.98 Å². The van der Waals surface area contributed by atoms with Crippen LogP contribution in [0.4, 0.5) is 5.69 Å². The molecule has 0 aliphatic carbocycles. The smallest absolute Gasteiger partial charge is 0.0645 e. The average Bonchev–Trinajstić information content (AvgIpc) is 2.47. The highest BCUT2D eigenvalue weighted by Crippen LogP contribution is 2.20. The first-order valence-electron chi connectivity index (χ1n) is 6.69. The van der Waals surface area contributed by atoms with Crippen LogP contribution < -0.4 is 5.73 Å². The molecule has 0 aliphatic heterocycles. The summed E-state index contributed by atoms with van der Waals surface area (Å²) in [4.78, 5) is 4.64. The largest absolute Gasteiger partial charge is 0.397 e. The van der Waals surface area contributed by atoms with Crippen molar-refractivity contribution >= 4 is 11.8 Å². The van der Waals surface area contributed by atoms with Crippen LogP contribution in [-0.2, 0) is 19.3 Å². The van der Waals surface area contributed by atoms with Gasteiger partial charge in [0, 0.05) is 11.3 Å². The number of nitrogens with zero attached hydrogens (tertiary/aromatic N) is 1. The number of nitrogen functional groups attached to an aromatic ring is 1. The van der Waals surface area contributed by atoms with Crippen LogP contribution in [0.1, 0.15) is 29.4 Å². The zero-order valence-electron chi connectivity index (χ0n) is 11.4. The Morgan fingerprint density at radius 2 is 1.95 bits per heavy atom. The Bertz CT molecular complexity index is 559. The van der Waals surface area contributed by atoms with E-state index in [2.05, 4.69) is 42.8 Å². The number of anilines is 1. The molecule has 2 nitrogen and oxygen atoms in total. The molecule has 2 heteroatoms. The highest BCUT2D eigenvalue weighted by molar-refractivity contribution is 5.65. The van der Waals surface area contributed by atoms with Crippen LogP contribution in [0.15, 0.2) is 43.0 Å². The molecule has 0 aliphatic rings. The second-order valence-corrected chi connectivity index (χ2v) is 4.61. The molecule has 0 bridgehead atoms. The molecule has 0 unspecified atom stereocenters. The predicted molar refractivity (Wildman–Crippen MR) is 82.0 cm³/mol. The molecule has 0 atom stereocenters. The van der Waals surface area contributed by atoms with Gasteiger partial charge in [-0.1, -0.05) is 49.9 Å². The SMILES string of the molecule is C=Cc1cc(CC)nc(CCc2ccccc2)c1N. The first kappa shape index (κ1) is 13.3. The first-order chi connectivity index (χ1) is 9.24. The van der Waals surface area contributed by atoms with E-state index in [4.69, 9.17) is 5.73 Å². The Hall–Kier alpha value is -2.09. The minimum absolute atomic E-state index is 0.767. The number of hydrogen-bond acceptors (Lipinski definition) is 2. The third-order valence-electron chi connectivity index (χ3n) is 3.30. The maximum atomic E-state index is 6.15. The summed E-state index contributed by atoms with van der Waals surface area (Å²) < 4.78 is 0. The van der Waals surface area contributed by atoms with E-state index in [-0.39, 0.29) is 0 Å². The monoisotopic (exact) mass is 252 g/mol. The minimum atomic E-state index is 0.767. The van der Waals surface area contributed by atoms with E-state index in [1.807, 2.05) is 18.2 Å². The van der Waals surface area contributed by atoms with Gasteiger partial charge in [-0.3, -0.25) is 4.98 Å². The summed E-state index contributed by atoms with van der Waals surface area (Å²) in [6.45, 7) is 5.92. The number of aryl methyl sites for hydroxylation is 3. The van der Waals surface area contributed by atoms with Crippen LogP contribution in [0, 0.1) is 0 Å². The lowest BCUT2D eigenvalue weighted by atomic mass is 10.0. The predicted octanol–water partition coefficient (Wildman–Crippen LogP) is 3.65. The van der Waals surface area contributed by atoms with Crippen molar-refractivity contribution < 1.29 is 0 Å². The van der Waals surface area contributed by atoms with Gasteiger partial charge in [0.25, 0.3) is 0 Å². The summed E-state index contributed by atoms with van der Waals surface area (Å²) in [5.41, 5.74) is 11.3. The van der Waals surface area contributed by atoms with Gasteiger partial charge in [-0.15, -0.1) is 0 Å². The van der Waals surface area contributed by atoms with Gasteiger partial charge < -0.3 is 5.73 Å². The Morgan fingerprint density at radius 1 is 1.21 bits per heavy atom. The van der Waals surface area contributed by atoms with Gasteiger partial charge in [-0.05, 0) is 30.9 Å². The molecule has 0 radical (unpaired) electrons. The van der Waals surface area contributed by atoms with E-state index in [1.54, 1.807) is 0 Å². The molecule has 1 heterocycles. The van der Waals surface area contributed by atoms with E-state index >= 15 is 0 Å². The zero-order chi connectivity index (χ0) is 13.7. The summed E-state index contributed by atoms with van der Waals surface area (Å²) in [6.07, 6.45) is 4.55. The molecule has 1 aromatic carbocycles. The van der Waals surface area contributed by atoms with Gasteiger partial charge in [-0.2, -0.15) is 0 Å². The third kappa shape index (κ3) is 3.22. The van der Waals surface area contributed by atoms with Crippen molar-refractivity contribution in [3.63, 3.8) is 0 Å². The minimum Gasteiger partial charge on any atom is -0.397 e. The van der Waals surface area contributed by atoms with Crippen LogP contribution in [0.2, 0.25) is 0 Å². The standard InChI is InChI=1S/C17H20N2/c1-3-14-12-15(4-2)19-16(17(14)18)11-10-13-8-6-5-7-9-13/h3,5-9,12H,1,4,10-11,18H2,2H3. The van der Waals surface area contributed by atoms with Crippen molar-refractivity contribution in [2.75, 3.05) is 5.73 Å². The topological polar surface area (TPSA) is 38.9 Å². The molecule has 19 heavy (non-hydrogen) atoms. The van der Waals surface area contributed by atoms with Crippen molar-refractivity contribution in [1.29, 1.82) is 0 Å². The fourth-order valence-electron chi connectivity index (χ4n) is 2.14. The Morgan fingerprint density at radius 3 is 2.58 bits per heavy atom. The lowest BCUT2D eigenvalue weighted by Crippen LogP contribution is -2.05. The summed E-state index contributed by atoms with van der Waals surface area (Å²) >= 11 is 0. The van der Waals surface area contributed by atoms with Crippen LogP contribution in [0.5, 0.6) is 0 Å². The molecular weight excluding hydrogens is 232 g/mol. The van der Waals surface area contributed by atoms with Crippen LogP contribution in [0.3, 0.4) is 0 Å². The number of aromatic nitrogens is 1. The molecule has 0 spiro atoms. The summed E-state index contributed by atoms with van der Waals surface area (Å²) in [6, 6.07) is 12.4. The molecular formula is C17H20N2. The fourth-order valence-corrected chi connectivity index (χ4v) is 2.14. The van der Waals surface area contributed by atoms with Crippen LogP contribution in [0.25, 0.3) is 6.08 Å². The number of rotatable bonds is 5. The average molecular weight is 252 g/mol. The van der Waals surface area contributed by atoms with E-state index in [0.29, 0.717) is 0 Å². The Kier molecular flexibility index (Phi) is 4.35. The highest BCUT2D eigenvalue weighted by atomic mass is 14.8. The van der Waals surface area contributed by atoms with E-state index < -0.39 is 0 Å². The summed E-state index contributed by atoms with van der Waals surface area (Å²) in [5, 5.41) is 0. The molecule has 98 valence electrons. The normalized spacial score (nSPS) is 10.4. The van der Waals surface area contributed by atoms with Crippen LogP contribution >= 0.6 is 0 Å². The van der Waals surface area contributed by atoms with Gasteiger partial charge in [0.15, 0.2) is 0 Å². The van der Waals surface area contributed by atoms with Gasteiger partial charge in [-0.25, -0.2) is 0 Å². The number of nitrogens with two attached hydrogens (primary N) is 1. The lowest BCUT2D eigenvalue weighted by Gasteiger charge is -2.10. The molecule has 1 aromatic heterocycles. The zero-order valence-corrected chi connectivity index (χ0v) is 11.4. The molecule has 0 amide bonds. The van der Waals surface area contributed by atoms with Crippen LogP contribution in [-0.4, -0.2) is 4.98 Å². The van der Waals surface area contributed by atoms with Gasteiger partial charge in [0.1, 0.15) is 0 Å². The first-order valence-corrected chi connectivity index (χ1v) is 6.69. The van der Waals surface area contributed by atoms with E-state index in [9.17, 15) is 0 Å². The molecule has 2 N–H and O–H groups in total. The van der Waals surface area contributed by atoms with E-state index in [0.717, 1.165) is 41.9 Å².